The number of nitrogens with zero attached hydrogens (tertiary/aromatic N) is 2. The van der Waals surface area contributed by atoms with E-state index in [4.69, 9.17) is 10.5 Å². The van der Waals surface area contributed by atoms with Gasteiger partial charge in [-0.25, -0.2) is 4.98 Å². The Bertz CT molecular complexity index is 717. The zero-order valence-corrected chi connectivity index (χ0v) is 11.7. The fourth-order valence-corrected chi connectivity index (χ4v) is 1.91. The molecule has 1 aromatic heterocycles. The molecule has 0 atom stereocenters. The van der Waals surface area contributed by atoms with Gasteiger partial charge in [0.25, 0.3) is 0 Å². The molecule has 3 rings (SSSR count). The zero-order valence-electron chi connectivity index (χ0n) is 11.7. The average Bonchev–Trinajstić information content (AvgIpc) is 2.96. The van der Waals surface area contributed by atoms with Crippen molar-refractivity contribution in [3.05, 3.63) is 59.9 Å². The van der Waals surface area contributed by atoms with Crippen LogP contribution in [0.15, 0.2) is 48.5 Å². The van der Waals surface area contributed by atoms with Crippen LogP contribution in [0.5, 0.6) is 5.75 Å². The minimum absolute atomic E-state index is 0.336. The molecule has 21 heavy (non-hydrogen) atoms. The Labute approximate surface area is 122 Å². The van der Waals surface area contributed by atoms with Crippen molar-refractivity contribution in [2.75, 3.05) is 5.73 Å². The van der Waals surface area contributed by atoms with E-state index in [1.807, 2.05) is 43.3 Å². The Balaban J connectivity index is 1.67. The summed E-state index contributed by atoms with van der Waals surface area (Å²) in [7, 11) is 0. The Morgan fingerprint density at radius 3 is 2.48 bits per heavy atom. The standard InChI is InChI=1S/C16H16N4O/c1-11-2-4-12(5-3-11)16-18-15(19-20-16)10-21-14-8-6-13(17)7-9-14/h2-9H,10,17H2,1H3,(H,18,19,20). The van der Waals surface area contributed by atoms with Crippen LogP contribution >= 0.6 is 0 Å². The second kappa shape index (κ2) is 5.66. The van der Waals surface area contributed by atoms with E-state index in [1.54, 1.807) is 12.1 Å². The van der Waals surface area contributed by atoms with Crippen molar-refractivity contribution in [1.82, 2.24) is 15.2 Å². The summed E-state index contributed by atoms with van der Waals surface area (Å²) >= 11 is 0. The van der Waals surface area contributed by atoms with Gasteiger partial charge in [0.05, 0.1) is 0 Å². The number of nitrogen functional groups attached to an aromatic ring is 1. The number of benzene rings is 2. The topological polar surface area (TPSA) is 76.8 Å². The van der Waals surface area contributed by atoms with Crippen LogP contribution in [-0.2, 0) is 6.61 Å². The number of H-pyrrole nitrogens is 1. The molecule has 2 aromatic carbocycles. The van der Waals surface area contributed by atoms with Gasteiger partial charge in [0.15, 0.2) is 11.6 Å². The Kier molecular flexibility index (Phi) is 3.55. The average molecular weight is 280 g/mol. The van der Waals surface area contributed by atoms with Crippen LogP contribution < -0.4 is 10.5 Å². The highest BCUT2D eigenvalue weighted by Crippen LogP contribution is 2.17. The first-order chi connectivity index (χ1) is 10.2. The van der Waals surface area contributed by atoms with Gasteiger partial charge in [-0.2, -0.15) is 5.10 Å². The summed E-state index contributed by atoms with van der Waals surface area (Å²) in [5, 5.41) is 7.10. The van der Waals surface area contributed by atoms with Crippen LogP contribution in [0, 0.1) is 6.92 Å². The van der Waals surface area contributed by atoms with E-state index in [2.05, 4.69) is 15.2 Å². The second-order valence-electron chi connectivity index (χ2n) is 4.83. The van der Waals surface area contributed by atoms with Crippen molar-refractivity contribution in [3.63, 3.8) is 0 Å². The smallest absolute Gasteiger partial charge is 0.181 e. The molecule has 0 bridgehead atoms. The van der Waals surface area contributed by atoms with Gasteiger partial charge in [-0.3, -0.25) is 5.10 Å². The van der Waals surface area contributed by atoms with Crippen molar-refractivity contribution in [1.29, 1.82) is 0 Å². The van der Waals surface area contributed by atoms with Gasteiger partial charge >= 0.3 is 0 Å². The molecule has 0 radical (unpaired) electrons. The largest absolute Gasteiger partial charge is 0.486 e. The molecule has 0 aliphatic rings. The summed E-state index contributed by atoms with van der Waals surface area (Å²) in [4.78, 5) is 4.43. The van der Waals surface area contributed by atoms with Crippen LogP contribution in [-0.4, -0.2) is 15.2 Å². The molecular weight excluding hydrogens is 264 g/mol. The zero-order chi connectivity index (χ0) is 14.7. The van der Waals surface area contributed by atoms with Gasteiger partial charge in [0, 0.05) is 11.3 Å². The molecule has 5 heteroatoms. The maximum Gasteiger partial charge on any atom is 0.181 e. The van der Waals surface area contributed by atoms with Crippen LogP contribution in [0.1, 0.15) is 11.4 Å². The van der Waals surface area contributed by atoms with Crippen LogP contribution in [0.4, 0.5) is 5.69 Å². The highest BCUT2D eigenvalue weighted by molar-refractivity contribution is 5.54. The molecule has 1 heterocycles. The van der Waals surface area contributed by atoms with E-state index >= 15 is 0 Å². The maximum absolute atomic E-state index is 5.63. The van der Waals surface area contributed by atoms with Crippen LogP contribution in [0.25, 0.3) is 11.4 Å². The molecule has 0 saturated carbocycles. The molecule has 0 unspecified atom stereocenters. The molecular formula is C16H16N4O. The first kappa shape index (κ1) is 13.2. The highest BCUT2D eigenvalue weighted by Gasteiger charge is 2.06. The minimum atomic E-state index is 0.336. The first-order valence-electron chi connectivity index (χ1n) is 6.67. The number of aryl methyl sites for hydroxylation is 1. The predicted octanol–water partition coefficient (Wildman–Crippen LogP) is 2.94. The fraction of sp³-hybridized carbons (Fsp3) is 0.125. The lowest BCUT2D eigenvalue weighted by atomic mass is 10.1. The summed E-state index contributed by atoms with van der Waals surface area (Å²) in [6, 6.07) is 15.3. The van der Waals surface area contributed by atoms with Crippen molar-refractivity contribution >= 4 is 5.69 Å². The van der Waals surface area contributed by atoms with Gasteiger partial charge < -0.3 is 10.5 Å². The molecule has 106 valence electrons. The van der Waals surface area contributed by atoms with Gasteiger partial charge in [-0.05, 0) is 31.2 Å². The highest BCUT2D eigenvalue weighted by atomic mass is 16.5. The predicted molar refractivity (Wildman–Crippen MR) is 81.7 cm³/mol. The lowest BCUT2D eigenvalue weighted by Gasteiger charge is -2.03. The van der Waals surface area contributed by atoms with E-state index in [9.17, 15) is 0 Å². The molecule has 0 saturated heterocycles. The number of hydrogen-bond donors (Lipinski definition) is 2. The van der Waals surface area contributed by atoms with E-state index in [-0.39, 0.29) is 0 Å². The Morgan fingerprint density at radius 2 is 1.76 bits per heavy atom. The number of rotatable bonds is 4. The number of nitrogens with two attached hydrogens (primary N) is 1. The summed E-state index contributed by atoms with van der Waals surface area (Å²) in [6.45, 7) is 2.39. The van der Waals surface area contributed by atoms with Crippen molar-refractivity contribution < 1.29 is 4.74 Å². The van der Waals surface area contributed by atoms with Crippen molar-refractivity contribution in [2.45, 2.75) is 13.5 Å². The van der Waals surface area contributed by atoms with E-state index in [1.165, 1.54) is 5.56 Å². The normalized spacial score (nSPS) is 10.5. The molecule has 3 N–H and O–H groups in total. The molecule has 3 aromatic rings. The third-order valence-corrected chi connectivity index (χ3v) is 3.10. The number of hydrogen-bond acceptors (Lipinski definition) is 4. The molecule has 0 aliphatic heterocycles. The lowest BCUT2D eigenvalue weighted by Crippen LogP contribution is -1.97. The third-order valence-electron chi connectivity index (χ3n) is 3.10. The Morgan fingerprint density at radius 1 is 1.05 bits per heavy atom. The van der Waals surface area contributed by atoms with E-state index in [0.717, 1.165) is 11.3 Å². The number of aromatic nitrogens is 3. The maximum atomic E-state index is 5.63. The molecule has 0 amide bonds. The molecule has 0 aliphatic carbocycles. The number of nitrogens with one attached hydrogen (secondary N) is 1. The number of aromatic amines is 1. The lowest BCUT2D eigenvalue weighted by molar-refractivity contribution is 0.296. The van der Waals surface area contributed by atoms with E-state index < -0.39 is 0 Å². The molecule has 5 nitrogen and oxygen atoms in total. The first-order valence-corrected chi connectivity index (χ1v) is 6.67. The van der Waals surface area contributed by atoms with Gasteiger partial charge in [0.1, 0.15) is 12.4 Å². The van der Waals surface area contributed by atoms with Gasteiger partial charge in [-0.15, -0.1) is 0 Å². The van der Waals surface area contributed by atoms with Gasteiger partial charge in [-0.1, -0.05) is 29.8 Å². The summed E-state index contributed by atoms with van der Waals surface area (Å²) < 4.78 is 5.63. The SMILES string of the molecule is Cc1ccc(-c2n[nH]c(COc3ccc(N)cc3)n2)cc1. The molecule has 0 fully saturated rings. The van der Waals surface area contributed by atoms with Crippen molar-refractivity contribution in [3.8, 4) is 17.1 Å². The minimum Gasteiger partial charge on any atom is -0.486 e. The van der Waals surface area contributed by atoms with Crippen LogP contribution in [0.3, 0.4) is 0 Å². The van der Waals surface area contributed by atoms with Crippen LogP contribution in [0.2, 0.25) is 0 Å². The monoisotopic (exact) mass is 280 g/mol. The summed E-state index contributed by atoms with van der Waals surface area (Å²) in [6.07, 6.45) is 0. The quantitative estimate of drug-likeness (QED) is 0.720. The van der Waals surface area contributed by atoms with E-state index in [0.29, 0.717) is 23.9 Å². The number of ether oxygens (including phenoxy) is 1. The Hall–Kier alpha value is -2.82. The number of anilines is 1. The summed E-state index contributed by atoms with van der Waals surface area (Å²) in [5.74, 6) is 2.10. The second-order valence-corrected chi connectivity index (χ2v) is 4.83. The fourth-order valence-electron chi connectivity index (χ4n) is 1.91. The summed E-state index contributed by atoms with van der Waals surface area (Å²) in [5.41, 5.74) is 8.53. The molecule has 0 spiro atoms. The van der Waals surface area contributed by atoms with Crippen molar-refractivity contribution in [2.24, 2.45) is 0 Å². The van der Waals surface area contributed by atoms with Gasteiger partial charge in [0.2, 0.25) is 0 Å². The third kappa shape index (κ3) is 3.20.